The van der Waals surface area contributed by atoms with Gasteiger partial charge in [0.1, 0.15) is 11.4 Å². The summed E-state index contributed by atoms with van der Waals surface area (Å²) in [7, 11) is 1.64. The Labute approximate surface area is 195 Å². The summed E-state index contributed by atoms with van der Waals surface area (Å²) in [6.45, 7) is 5.93. The van der Waals surface area contributed by atoms with Crippen LogP contribution in [0.25, 0.3) is 11.3 Å². The summed E-state index contributed by atoms with van der Waals surface area (Å²) in [6.07, 6.45) is 3.84. The van der Waals surface area contributed by atoms with Gasteiger partial charge >= 0.3 is 0 Å². The number of unbranched alkanes of at least 4 members (excludes halogenated alkanes) is 1. The number of nitrogens with zero attached hydrogens (tertiary/aromatic N) is 3. The van der Waals surface area contributed by atoms with Crippen molar-refractivity contribution in [2.24, 2.45) is 0 Å². The number of nitrogens with one attached hydrogen (secondary N) is 1. The average molecular weight is 449 g/mol. The van der Waals surface area contributed by atoms with Crippen LogP contribution >= 0.6 is 0 Å². The van der Waals surface area contributed by atoms with Crippen LogP contribution < -0.4 is 10.1 Å². The second-order valence-electron chi connectivity index (χ2n) is 8.22. The van der Waals surface area contributed by atoms with E-state index in [0.29, 0.717) is 24.3 Å². The highest BCUT2D eigenvalue weighted by Crippen LogP contribution is 2.25. The molecule has 2 heterocycles. The van der Waals surface area contributed by atoms with Crippen molar-refractivity contribution in [3.8, 4) is 17.0 Å². The van der Waals surface area contributed by atoms with Crippen LogP contribution in [0, 0.1) is 0 Å². The lowest BCUT2D eigenvalue weighted by Crippen LogP contribution is -2.37. The Morgan fingerprint density at radius 2 is 1.82 bits per heavy atom. The smallest absolute Gasteiger partial charge is 0.255 e. The van der Waals surface area contributed by atoms with Gasteiger partial charge < -0.3 is 14.8 Å². The largest absolute Gasteiger partial charge is 0.497 e. The number of hydrogen-bond donors (Lipinski definition) is 1. The van der Waals surface area contributed by atoms with Gasteiger partial charge in [-0.15, -0.1) is 0 Å². The molecule has 33 heavy (non-hydrogen) atoms. The topological polar surface area (TPSA) is 68.6 Å². The average Bonchev–Trinajstić information content (AvgIpc) is 3.29. The first-order valence-electron chi connectivity index (χ1n) is 11.6. The molecule has 174 valence electrons. The Morgan fingerprint density at radius 1 is 1.06 bits per heavy atom. The number of aromatic nitrogens is 2. The fourth-order valence-corrected chi connectivity index (χ4v) is 3.98. The number of amides is 1. The molecule has 0 saturated carbocycles. The van der Waals surface area contributed by atoms with Gasteiger partial charge in [0.25, 0.3) is 5.91 Å². The number of ether oxygens (including phenoxy) is 2. The van der Waals surface area contributed by atoms with E-state index in [1.54, 1.807) is 7.11 Å². The first kappa shape index (κ1) is 23.0. The zero-order valence-corrected chi connectivity index (χ0v) is 19.2. The lowest BCUT2D eigenvalue weighted by Gasteiger charge is -2.26. The summed E-state index contributed by atoms with van der Waals surface area (Å²) < 4.78 is 12.5. The van der Waals surface area contributed by atoms with E-state index >= 15 is 0 Å². The molecule has 0 bridgehead atoms. The number of benzene rings is 2. The molecule has 1 aliphatic rings. The maximum absolute atomic E-state index is 13.1. The van der Waals surface area contributed by atoms with E-state index in [2.05, 4.69) is 22.3 Å². The second kappa shape index (κ2) is 11.6. The molecular formula is C26H32N4O3. The Balaban J connectivity index is 1.42. The van der Waals surface area contributed by atoms with Gasteiger partial charge in [0.2, 0.25) is 0 Å². The molecule has 0 aliphatic carbocycles. The van der Waals surface area contributed by atoms with Crippen LogP contribution in [0.2, 0.25) is 0 Å². The molecule has 7 nitrogen and oxygen atoms in total. The Bertz CT molecular complexity index is 1010. The third-order valence-corrected chi connectivity index (χ3v) is 5.85. The highest BCUT2D eigenvalue weighted by atomic mass is 16.5. The summed E-state index contributed by atoms with van der Waals surface area (Å²) in [5, 5.41) is 7.84. The molecule has 2 aromatic carbocycles. The molecule has 0 spiro atoms. The molecule has 1 aliphatic heterocycles. The minimum atomic E-state index is -0.0912. The van der Waals surface area contributed by atoms with Gasteiger partial charge in [-0.2, -0.15) is 5.10 Å². The van der Waals surface area contributed by atoms with Crippen molar-refractivity contribution >= 4 is 5.91 Å². The predicted octanol–water partition coefficient (Wildman–Crippen LogP) is 3.45. The SMILES string of the molecule is COc1ccc(-c2nn(Cc3ccccc3)cc2C(=O)NCCCCN2CCOCC2)cc1. The van der Waals surface area contributed by atoms with Crippen molar-refractivity contribution in [1.29, 1.82) is 0 Å². The van der Waals surface area contributed by atoms with E-state index < -0.39 is 0 Å². The number of carbonyl (C=O) groups is 1. The van der Waals surface area contributed by atoms with E-state index in [9.17, 15) is 4.79 Å². The van der Waals surface area contributed by atoms with Crippen LogP contribution in [0.5, 0.6) is 5.75 Å². The van der Waals surface area contributed by atoms with Crippen molar-refractivity contribution in [1.82, 2.24) is 20.0 Å². The van der Waals surface area contributed by atoms with Crippen LogP contribution in [-0.2, 0) is 11.3 Å². The molecule has 3 aromatic rings. The third-order valence-electron chi connectivity index (χ3n) is 5.85. The highest BCUT2D eigenvalue weighted by molar-refractivity contribution is 5.99. The van der Waals surface area contributed by atoms with E-state index in [1.807, 2.05) is 53.3 Å². The quantitative estimate of drug-likeness (QED) is 0.481. The lowest BCUT2D eigenvalue weighted by molar-refractivity contribution is 0.0372. The second-order valence-corrected chi connectivity index (χ2v) is 8.22. The summed E-state index contributed by atoms with van der Waals surface area (Å²) in [4.78, 5) is 15.5. The van der Waals surface area contributed by atoms with Gasteiger partial charge in [0.05, 0.1) is 32.4 Å². The van der Waals surface area contributed by atoms with E-state index in [0.717, 1.165) is 62.6 Å². The van der Waals surface area contributed by atoms with Crippen LogP contribution in [-0.4, -0.2) is 67.1 Å². The van der Waals surface area contributed by atoms with Gasteiger partial charge in [0.15, 0.2) is 0 Å². The molecule has 1 saturated heterocycles. The van der Waals surface area contributed by atoms with E-state index in [4.69, 9.17) is 14.6 Å². The van der Waals surface area contributed by atoms with Crippen LogP contribution in [0.1, 0.15) is 28.8 Å². The molecule has 7 heteroatoms. The molecular weight excluding hydrogens is 416 g/mol. The number of rotatable bonds is 10. The van der Waals surface area contributed by atoms with Gasteiger partial charge in [-0.3, -0.25) is 14.4 Å². The zero-order chi connectivity index (χ0) is 22.9. The minimum absolute atomic E-state index is 0.0912. The molecule has 1 amide bonds. The van der Waals surface area contributed by atoms with Crippen molar-refractivity contribution in [2.75, 3.05) is 46.5 Å². The van der Waals surface area contributed by atoms with E-state index in [-0.39, 0.29) is 5.91 Å². The molecule has 1 aromatic heterocycles. The number of methoxy groups -OCH3 is 1. The number of morpholine rings is 1. The Hall–Kier alpha value is -3.16. The van der Waals surface area contributed by atoms with E-state index in [1.165, 1.54) is 0 Å². The fraction of sp³-hybridized carbons (Fsp3) is 0.385. The maximum atomic E-state index is 13.1. The lowest BCUT2D eigenvalue weighted by atomic mass is 10.1. The minimum Gasteiger partial charge on any atom is -0.497 e. The zero-order valence-electron chi connectivity index (χ0n) is 19.2. The fourth-order valence-electron chi connectivity index (χ4n) is 3.98. The van der Waals surface area contributed by atoms with Gasteiger partial charge in [-0.05, 0) is 49.2 Å². The summed E-state index contributed by atoms with van der Waals surface area (Å²) >= 11 is 0. The molecule has 0 unspecified atom stereocenters. The first-order valence-corrected chi connectivity index (χ1v) is 11.6. The molecule has 1 fully saturated rings. The highest BCUT2D eigenvalue weighted by Gasteiger charge is 2.18. The molecule has 0 radical (unpaired) electrons. The summed E-state index contributed by atoms with van der Waals surface area (Å²) in [6, 6.07) is 17.8. The van der Waals surface area contributed by atoms with Crippen LogP contribution in [0.4, 0.5) is 0 Å². The standard InChI is InChI=1S/C26H32N4O3/c1-32-23-11-9-22(10-12-23)25-24(20-30(28-25)19-21-7-3-2-4-8-21)26(31)27-13-5-6-14-29-15-17-33-18-16-29/h2-4,7-12,20H,5-6,13-19H2,1H3,(H,27,31). The predicted molar refractivity (Wildman–Crippen MR) is 129 cm³/mol. The third kappa shape index (κ3) is 6.43. The van der Waals surface area contributed by atoms with Crippen molar-refractivity contribution in [2.45, 2.75) is 19.4 Å². The molecule has 1 N–H and O–H groups in total. The normalized spacial score (nSPS) is 14.2. The van der Waals surface area contributed by atoms with Crippen molar-refractivity contribution in [3.05, 3.63) is 71.9 Å². The number of hydrogen-bond acceptors (Lipinski definition) is 5. The summed E-state index contributed by atoms with van der Waals surface area (Å²) in [5.41, 5.74) is 3.29. The van der Waals surface area contributed by atoms with Crippen molar-refractivity contribution in [3.63, 3.8) is 0 Å². The summed E-state index contributed by atoms with van der Waals surface area (Å²) in [5.74, 6) is 0.681. The maximum Gasteiger partial charge on any atom is 0.255 e. The number of carbonyl (C=O) groups excluding carboxylic acids is 1. The molecule has 4 rings (SSSR count). The van der Waals surface area contributed by atoms with Crippen molar-refractivity contribution < 1.29 is 14.3 Å². The monoisotopic (exact) mass is 448 g/mol. The van der Waals surface area contributed by atoms with Gasteiger partial charge in [-0.25, -0.2) is 0 Å². The van der Waals surface area contributed by atoms with Gasteiger partial charge in [0, 0.05) is 31.4 Å². The Morgan fingerprint density at radius 3 is 2.55 bits per heavy atom. The first-order chi connectivity index (χ1) is 16.2. The molecule has 0 atom stereocenters. The Kier molecular flexibility index (Phi) is 8.11. The van der Waals surface area contributed by atoms with Crippen LogP contribution in [0.3, 0.4) is 0 Å². The van der Waals surface area contributed by atoms with Crippen LogP contribution in [0.15, 0.2) is 60.8 Å². The van der Waals surface area contributed by atoms with Gasteiger partial charge in [-0.1, -0.05) is 30.3 Å².